The average Bonchev–Trinajstić information content (AvgIpc) is 3.52. The summed E-state index contributed by atoms with van der Waals surface area (Å²) in [5.74, 6) is -0.0873. The molecular weight excluding hydrogens is 491 g/mol. The lowest BCUT2D eigenvalue weighted by Gasteiger charge is -2.24. The number of sulfonamides is 1. The van der Waals surface area contributed by atoms with Crippen LogP contribution in [0.3, 0.4) is 0 Å². The van der Waals surface area contributed by atoms with E-state index in [1.54, 1.807) is 24.3 Å². The molecule has 4 rings (SSSR count). The number of halogens is 2. The highest BCUT2D eigenvalue weighted by atomic mass is 35.5. The molecule has 0 atom stereocenters. The average molecular weight is 509 g/mol. The van der Waals surface area contributed by atoms with Crippen molar-refractivity contribution in [2.45, 2.75) is 23.7 Å². The van der Waals surface area contributed by atoms with Crippen LogP contribution in [0, 0.1) is 0 Å². The van der Waals surface area contributed by atoms with Crippen LogP contribution < -0.4 is 9.62 Å². The summed E-state index contributed by atoms with van der Waals surface area (Å²) in [4.78, 5) is 12.5. The summed E-state index contributed by atoms with van der Waals surface area (Å²) in [6.45, 7) is 3.60. The first-order valence-electron chi connectivity index (χ1n) is 9.63. The summed E-state index contributed by atoms with van der Waals surface area (Å²) in [5, 5.41) is 12.2. The highest BCUT2D eigenvalue weighted by molar-refractivity contribution is 7.93. The van der Waals surface area contributed by atoms with Gasteiger partial charge in [-0.2, -0.15) is 0 Å². The molecule has 1 fully saturated rings. The first-order chi connectivity index (χ1) is 15.3. The maximum Gasteiger partial charge on any atom is 0.266 e. The molecule has 1 aliphatic rings. The number of benzene rings is 2. The Hall–Kier alpha value is -2.46. The van der Waals surface area contributed by atoms with E-state index in [-0.39, 0.29) is 32.7 Å². The van der Waals surface area contributed by atoms with Gasteiger partial charge in [-0.3, -0.25) is 14.4 Å². The number of amides is 1. The van der Waals surface area contributed by atoms with Gasteiger partial charge in [0, 0.05) is 11.5 Å². The molecule has 3 aromatic rings. The van der Waals surface area contributed by atoms with Crippen LogP contribution in [0.15, 0.2) is 60.0 Å². The summed E-state index contributed by atoms with van der Waals surface area (Å²) in [7, 11) is -4.16. The molecule has 1 N–H and O–H groups in total. The van der Waals surface area contributed by atoms with Crippen LogP contribution in [0.1, 0.15) is 34.1 Å². The number of nitrogens with one attached hydrogen (secondary N) is 1. The Bertz CT molecular complexity index is 1290. The zero-order chi connectivity index (χ0) is 22.9. The largest absolute Gasteiger partial charge is 0.296 e. The number of rotatable bonds is 8. The number of aromatic nitrogens is 2. The summed E-state index contributed by atoms with van der Waals surface area (Å²) in [5.41, 5.74) is 0.398. The normalized spacial score (nSPS) is 13.6. The standard InChI is InChI=1S/C21H18Cl2N4O3S2/c1-2-11-27(17-6-4-3-5-15(17)22)32(29,30)18-12-14(9-10-16(18)23)19(28)24-21-26-25-20(31-21)13-7-8-13/h2-6,9-10,12-13H,1,7-8,11H2,(H,24,26,28). The van der Waals surface area contributed by atoms with Crippen LogP contribution in [0.2, 0.25) is 10.0 Å². The second-order valence-corrected chi connectivity index (χ2v) is 10.7. The predicted octanol–water partition coefficient (Wildman–Crippen LogP) is 5.36. The first-order valence-corrected chi connectivity index (χ1v) is 12.6. The molecule has 0 spiro atoms. The van der Waals surface area contributed by atoms with Crippen molar-refractivity contribution in [3.05, 3.63) is 75.7 Å². The fourth-order valence-electron chi connectivity index (χ4n) is 3.01. The number of hydrogen-bond donors (Lipinski definition) is 1. The second kappa shape index (κ2) is 9.19. The SMILES string of the molecule is C=CCN(c1ccccc1Cl)S(=O)(=O)c1cc(C(=O)Nc2nnc(C3CC3)s2)ccc1Cl. The third kappa shape index (κ3) is 4.66. The van der Waals surface area contributed by atoms with Crippen LogP contribution in [-0.2, 0) is 10.0 Å². The number of nitrogens with zero attached hydrogens (tertiary/aromatic N) is 3. The highest BCUT2D eigenvalue weighted by Gasteiger charge is 2.30. The topological polar surface area (TPSA) is 92.3 Å². The van der Waals surface area contributed by atoms with Crippen molar-refractivity contribution in [1.82, 2.24) is 10.2 Å². The molecule has 1 aromatic heterocycles. The van der Waals surface area contributed by atoms with Crippen LogP contribution in [-0.4, -0.2) is 31.1 Å². The Morgan fingerprint density at radius 2 is 1.94 bits per heavy atom. The Labute approximate surface area is 199 Å². The van der Waals surface area contributed by atoms with Crippen LogP contribution in [0.25, 0.3) is 0 Å². The molecule has 0 unspecified atom stereocenters. The van der Waals surface area contributed by atoms with Gasteiger partial charge in [0.05, 0.1) is 22.3 Å². The summed E-state index contributed by atoms with van der Waals surface area (Å²) in [6, 6.07) is 10.6. The molecule has 0 aliphatic heterocycles. The fourth-order valence-corrected chi connectivity index (χ4v) is 6.16. The van der Waals surface area contributed by atoms with E-state index in [0.717, 1.165) is 22.2 Å². The molecule has 0 radical (unpaired) electrons. The van der Waals surface area contributed by atoms with Crippen LogP contribution >= 0.6 is 34.5 Å². The van der Waals surface area contributed by atoms with Gasteiger partial charge in [0.15, 0.2) is 0 Å². The van der Waals surface area contributed by atoms with Gasteiger partial charge in [0.2, 0.25) is 5.13 Å². The number of para-hydroxylation sites is 1. The third-order valence-corrected chi connectivity index (χ3v) is 8.35. The molecule has 1 aliphatic carbocycles. The van der Waals surface area contributed by atoms with Crippen molar-refractivity contribution < 1.29 is 13.2 Å². The Kier molecular flexibility index (Phi) is 6.52. The van der Waals surface area contributed by atoms with Crippen molar-refractivity contribution in [3.8, 4) is 0 Å². The lowest BCUT2D eigenvalue weighted by atomic mass is 10.2. The lowest BCUT2D eigenvalue weighted by Crippen LogP contribution is -2.32. The maximum atomic E-state index is 13.5. The molecule has 11 heteroatoms. The fraction of sp³-hybridized carbons (Fsp3) is 0.190. The molecule has 166 valence electrons. The number of carbonyl (C=O) groups is 1. The Morgan fingerprint density at radius 3 is 2.62 bits per heavy atom. The van der Waals surface area contributed by atoms with E-state index in [2.05, 4.69) is 22.1 Å². The molecule has 1 heterocycles. The van der Waals surface area contributed by atoms with Gasteiger partial charge in [0.1, 0.15) is 9.90 Å². The molecule has 0 saturated heterocycles. The molecule has 1 amide bonds. The molecule has 0 bridgehead atoms. The van der Waals surface area contributed by atoms with Gasteiger partial charge >= 0.3 is 0 Å². The third-order valence-electron chi connectivity index (χ3n) is 4.77. The number of anilines is 2. The second-order valence-electron chi connectivity index (χ2n) is 7.10. The van der Waals surface area contributed by atoms with Crippen molar-refractivity contribution >= 4 is 61.3 Å². The monoisotopic (exact) mass is 508 g/mol. The maximum absolute atomic E-state index is 13.5. The molecule has 1 saturated carbocycles. The van der Waals surface area contributed by atoms with Gasteiger partial charge in [-0.25, -0.2) is 8.42 Å². The molecule has 7 nitrogen and oxygen atoms in total. The summed E-state index contributed by atoms with van der Waals surface area (Å²) in [6.07, 6.45) is 3.60. The van der Waals surface area contributed by atoms with Crippen LogP contribution in [0.4, 0.5) is 10.8 Å². The van der Waals surface area contributed by atoms with Gasteiger partial charge in [0.25, 0.3) is 15.9 Å². The minimum absolute atomic E-state index is 0.0189. The quantitative estimate of drug-likeness (QED) is 0.413. The molecule has 32 heavy (non-hydrogen) atoms. The predicted molar refractivity (Wildman–Crippen MR) is 127 cm³/mol. The summed E-state index contributed by atoms with van der Waals surface area (Å²) >= 11 is 13.8. The van der Waals surface area contributed by atoms with E-state index < -0.39 is 15.9 Å². The smallest absolute Gasteiger partial charge is 0.266 e. The minimum Gasteiger partial charge on any atom is -0.296 e. The summed E-state index contributed by atoms with van der Waals surface area (Å²) < 4.78 is 28.1. The number of carbonyl (C=O) groups excluding carboxylic acids is 1. The zero-order valence-electron chi connectivity index (χ0n) is 16.7. The van der Waals surface area contributed by atoms with E-state index in [1.165, 1.54) is 35.6 Å². The van der Waals surface area contributed by atoms with Gasteiger partial charge in [-0.15, -0.1) is 16.8 Å². The highest BCUT2D eigenvalue weighted by Crippen LogP contribution is 2.42. The van der Waals surface area contributed by atoms with E-state index in [4.69, 9.17) is 23.2 Å². The van der Waals surface area contributed by atoms with E-state index in [0.29, 0.717) is 11.0 Å². The van der Waals surface area contributed by atoms with E-state index in [1.807, 2.05) is 0 Å². The Balaban J connectivity index is 1.66. The number of hydrogen-bond acceptors (Lipinski definition) is 6. The minimum atomic E-state index is -4.16. The lowest BCUT2D eigenvalue weighted by molar-refractivity contribution is 0.102. The van der Waals surface area contributed by atoms with Gasteiger partial charge in [-0.1, -0.05) is 52.7 Å². The van der Waals surface area contributed by atoms with Crippen molar-refractivity contribution in [3.63, 3.8) is 0 Å². The Morgan fingerprint density at radius 1 is 1.19 bits per heavy atom. The van der Waals surface area contributed by atoms with Crippen molar-refractivity contribution in [1.29, 1.82) is 0 Å². The molecular formula is C21H18Cl2N4O3S2. The molecule has 2 aromatic carbocycles. The van der Waals surface area contributed by atoms with Crippen LogP contribution in [0.5, 0.6) is 0 Å². The van der Waals surface area contributed by atoms with Gasteiger partial charge in [-0.05, 0) is 43.2 Å². The van der Waals surface area contributed by atoms with Crippen molar-refractivity contribution in [2.24, 2.45) is 0 Å². The zero-order valence-corrected chi connectivity index (χ0v) is 19.8. The van der Waals surface area contributed by atoms with Gasteiger partial charge < -0.3 is 0 Å². The van der Waals surface area contributed by atoms with E-state index in [9.17, 15) is 13.2 Å². The van der Waals surface area contributed by atoms with Crippen molar-refractivity contribution in [2.75, 3.05) is 16.2 Å². The van der Waals surface area contributed by atoms with E-state index >= 15 is 0 Å². The first kappa shape index (κ1) is 22.7.